The third-order valence-corrected chi connectivity index (χ3v) is 23.7. The molecule has 1 aliphatic carbocycles. The Kier molecular flexibility index (Phi) is 35.4. The lowest BCUT2D eigenvalue weighted by Gasteiger charge is -2.37. The summed E-state index contributed by atoms with van der Waals surface area (Å²) in [4.78, 5) is 5.38. The second-order valence-electron chi connectivity index (χ2n) is 15.8. The van der Waals surface area contributed by atoms with Crippen molar-refractivity contribution in [2.75, 3.05) is 119 Å². The quantitative estimate of drug-likeness (QED) is 0.0541. The fourth-order valence-electron chi connectivity index (χ4n) is 9.13. The van der Waals surface area contributed by atoms with Crippen molar-refractivity contribution in [2.45, 2.75) is 159 Å². The lowest BCUT2D eigenvalue weighted by atomic mass is 9.80. The van der Waals surface area contributed by atoms with Crippen LogP contribution in [-0.4, -0.2) is 164 Å². The van der Waals surface area contributed by atoms with Gasteiger partial charge in [-0.2, -0.15) is 0 Å². The van der Waals surface area contributed by atoms with Crippen LogP contribution in [0.4, 0.5) is 0 Å². The van der Waals surface area contributed by atoms with Crippen LogP contribution in [0, 0.1) is 11.8 Å². The molecule has 2 unspecified atom stereocenters. The Morgan fingerprint density at radius 2 is 0.516 bits per heavy atom. The van der Waals surface area contributed by atoms with E-state index in [0.29, 0.717) is 91.1 Å². The van der Waals surface area contributed by atoms with Gasteiger partial charge in [0.25, 0.3) is 0 Å². The Morgan fingerprint density at radius 1 is 0.323 bits per heavy atom. The maximum atomic E-state index is 6.25. The Hall–Kier alpha value is 0.308. The van der Waals surface area contributed by atoms with E-state index in [9.17, 15) is 0 Å². The van der Waals surface area contributed by atoms with E-state index in [2.05, 4.69) is 9.80 Å². The van der Waals surface area contributed by atoms with E-state index in [0.717, 1.165) is 89.1 Å². The van der Waals surface area contributed by atoms with Gasteiger partial charge in [-0.25, -0.2) is 0 Å². The zero-order chi connectivity index (χ0) is 46.0. The van der Waals surface area contributed by atoms with Crippen LogP contribution in [0.1, 0.15) is 134 Å². The third-order valence-electron chi connectivity index (χ3n) is 11.1. The molecular weight excluding hydrogens is 861 g/mol. The van der Waals surface area contributed by atoms with E-state index in [1.54, 1.807) is 0 Å². The van der Waals surface area contributed by atoms with Gasteiger partial charge in [0.15, 0.2) is 0 Å². The molecule has 1 aliphatic rings. The SMILES string of the molecule is CCO[Si](CCCN(CCC[Si](OCC)(OCC)OCC)CC1CCCC(CN(CCC[Si](OCC)(OCC)OCC)CCC[Si](OCC)(OCC)OCC)C1)(OCC)OCC. The van der Waals surface area contributed by atoms with Crippen molar-refractivity contribution in [1.29, 1.82) is 0 Å². The van der Waals surface area contributed by atoms with Crippen LogP contribution in [0.15, 0.2) is 0 Å². The molecule has 0 aromatic rings. The van der Waals surface area contributed by atoms with Crippen molar-refractivity contribution in [3.8, 4) is 0 Å². The van der Waals surface area contributed by atoms with Gasteiger partial charge in [-0.3, -0.25) is 0 Å². The van der Waals surface area contributed by atoms with Crippen LogP contribution in [0.3, 0.4) is 0 Å². The fraction of sp³-hybridized carbons (Fsp3) is 1.00. The Morgan fingerprint density at radius 3 is 0.694 bits per heavy atom. The molecular formula is C44H98N2O12Si4. The van der Waals surface area contributed by atoms with E-state index < -0.39 is 35.2 Å². The van der Waals surface area contributed by atoms with Crippen molar-refractivity contribution < 1.29 is 53.1 Å². The van der Waals surface area contributed by atoms with E-state index in [-0.39, 0.29) is 0 Å². The van der Waals surface area contributed by atoms with E-state index >= 15 is 0 Å². The molecule has 1 fully saturated rings. The molecule has 0 aromatic heterocycles. The number of rotatable bonds is 44. The number of hydrogen-bond acceptors (Lipinski definition) is 14. The molecule has 0 bridgehead atoms. The first-order valence-electron chi connectivity index (χ1n) is 25.2. The summed E-state index contributed by atoms with van der Waals surface area (Å²) in [5, 5.41) is 0. The summed E-state index contributed by atoms with van der Waals surface area (Å²) in [6.07, 6.45) is 8.86. The first-order chi connectivity index (χ1) is 30.0. The molecule has 372 valence electrons. The van der Waals surface area contributed by atoms with Gasteiger partial charge in [0.1, 0.15) is 0 Å². The maximum absolute atomic E-state index is 6.25. The molecule has 0 N–H and O–H groups in total. The summed E-state index contributed by atoms with van der Waals surface area (Å²) in [6.45, 7) is 37.6. The van der Waals surface area contributed by atoms with Crippen LogP contribution in [0.25, 0.3) is 0 Å². The summed E-state index contributed by atoms with van der Waals surface area (Å²) < 4.78 is 75.1. The smallest absolute Gasteiger partial charge is 0.374 e. The van der Waals surface area contributed by atoms with Gasteiger partial charge < -0.3 is 62.9 Å². The third kappa shape index (κ3) is 23.9. The highest BCUT2D eigenvalue weighted by Crippen LogP contribution is 2.32. The van der Waals surface area contributed by atoms with Gasteiger partial charge in [-0.1, -0.05) is 6.42 Å². The van der Waals surface area contributed by atoms with Crippen LogP contribution in [0.2, 0.25) is 24.2 Å². The Bertz CT molecular complexity index is 840. The fourth-order valence-corrected chi connectivity index (χ4v) is 19.5. The molecule has 1 rings (SSSR count). The summed E-state index contributed by atoms with van der Waals surface area (Å²) in [6, 6.07) is 3.27. The first-order valence-corrected chi connectivity index (χ1v) is 32.9. The minimum Gasteiger partial charge on any atom is -0.374 e. The molecule has 0 amide bonds. The first kappa shape index (κ1) is 60.3. The number of hydrogen-bond donors (Lipinski definition) is 0. The zero-order valence-corrected chi connectivity index (χ0v) is 46.2. The van der Waals surface area contributed by atoms with Gasteiger partial charge in [-0.05, 0) is 166 Å². The number of nitrogens with zero attached hydrogens (tertiary/aromatic N) is 2. The average molecular weight is 960 g/mol. The Balaban J connectivity index is 3.28. The average Bonchev–Trinajstić information content (AvgIpc) is 3.22. The summed E-state index contributed by atoms with van der Waals surface area (Å²) in [5.74, 6) is 1.25. The predicted molar refractivity (Wildman–Crippen MR) is 259 cm³/mol. The highest BCUT2D eigenvalue weighted by Gasteiger charge is 2.43. The molecule has 14 nitrogen and oxygen atoms in total. The zero-order valence-electron chi connectivity index (χ0n) is 42.2. The van der Waals surface area contributed by atoms with Crippen molar-refractivity contribution in [3.63, 3.8) is 0 Å². The maximum Gasteiger partial charge on any atom is 0.500 e. The minimum absolute atomic E-state index is 0.595. The topological polar surface area (TPSA) is 117 Å². The van der Waals surface area contributed by atoms with Gasteiger partial charge in [0.05, 0.1) is 0 Å². The standard InChI is InChI=1S/C44H98N2O12Si4/c1-13-47-59(48-14-2,49-15-3)36-26-32-45(33-27-37-60(50-16-4,51-17-5)52-18-6)41-43-30-25-31-44(40-43)42-46(34-28-38-61(53-19-7,54-20-8)55-21-9)35-29-39-62(56-22-10,57-23-11)58-24-12/h43-44H,13-42H2,1-12H3. The molecule has 1 saturated carbocycles. The normalized spacial score (nSPS) is 16.9. The second kappa shape index (κ2) is 36.4. The van der Waals surface area contributed by atoms with Gasteiger partial charge in [0.2, 0.25) is 0 Å². The van der Waals surface area contributed by atoms with Crippen LogP contribution in [-0.2, 0) is 53.1 Å². The second-order valence-corrected chi connectivity index (χ2v) is 26.8. The summed E-state index contributed by atoms with van der Waals surface area (Å²) in [5.41, 5.74) is 0. The van der Waals surface area contributed by atoms with Crippen LogP contribution >= 0.6 is 0 Å². The minimum atomic E-state index is -2.74. The van der Waals surface area contributed by atoms with Crippen molar-refractivity contribution in [3.05, 3.63) is 0 Å². The molecule has 0 radical (unpaired) electrons. The molecule has 0 heterocycles. The van der Waals surface area contributed by atoms with E-state index in [1.807, 2.05) is 83.1 Å². The van der Waals surface area contributed by atoms with Crippen LogP contribution < -0.4 is 0 Å². The lowest BCUT2D eigenvalue weighted by Crippen LogP contribution is -2.47. The monoisotopic (exact) mass is 959 g/mol. The predicted octanol–water partition coefficient (Wildman–Crippen LogP) is 9.15. The molecule has 0 spiro atoms. The Labute approximate surface area is 385 Å². The highest BCUT2D eigenvalue weighted by atomic mass is 28.4. The highest BCUT2D eigenvalue weighted by molar-refractivity contribution is 6.61. The van der Waals surface area contributed by atoms with Gasteiger partial charge in [-0.15, -0.1) is 0 Å². The molecule has 0 aliphatic heterocycles. The van der Waals surface area contributed by atoms with E-state index in [4.69, 9.17) is 53.1 Å². The van der Waals surface area contributed by atoms with Crippen molar-refractivity contribution >= 4 is 35.2 Å². The largest absolute Gasteiger partial charge is 0.500 e. The van der Waals surface area contributed by atoms with Crippen molar-refractivity contribution in [2.24, 2.45) is 11.8 Å². The lowest BCUT2D eigenvalue weighted by molar-refractivity contribution is 0.0677. The molecule has 18 heteroatoms. The van der Waals surface area contributed by atoms with Crippen molar-refractivity contribution in [1.82, 2.24) is 9.80 Å². The van der Waals surface area contributed by atoms with E-state index in [1.165, 1.54) is 25.7 Å². The summed E-state index contributed by atoms with van der Waals surface area (Å²) in [7, 11) is -11.0. The molecule has 0 aromatic carbocycles. The van der Waals surface area contributed by atoms with Gasteiger partial charge >= 0.3 is 35.2 Å². The molecule has 62 heavy (non-hydrogen) atoms. The van der Waals surface area contributed by atoms with Crippen LogP contribution in [0.5, 0.6) is 0 Å². The summed E-state index contributed by atoms with van der Waals surface area (Å²) >= 11 is 0. The molecule has 0 saturated heterocycles. The molecule has 2 atom stereocenters. The van der Waals surface area contributed by atoms with Gasteiger partial charge in [0, 0.05) is 117 Å².